The summed E-state index contributed by atoms with van der Waals surface area (Å²) in [6.07, 6.45) is 0. The van der Waals surface area contributed by atoms with Gasteiger partial charge >= 0.3 is 24.0 Å². The fraction of sp³-hybridized carbons (Fsp3) is 0.222. The van der Waals surface area contributed by atoms with Crippen molar-refractivity contribution in [2.75, 3.05) is 43.1 Å². The average Bonchev–Trinajstić information content (AvgIpc) is 3.21. The van der Waals surface area contributed by atoms with Gasteiger partial charge in [-0.1, -0.05) is 30.3 Å². The number of aliphatic carboxylic acids is 2. The van der Waals surface area contributed by atoms with Gasteiger partial charge in [0.25, 0.3) is 20.2 Å². The number of carboxylic acid groups (broad SMARTS) is 2. The van der Waals surface area contributed by atoms with E-state index in [2.05, 4.69) is 20.9 Å². The van der Waals surface area contributed by atoms with Gasteiger partial charge in [0, 0.05) is 59.7 Å². The van der Waals surface area contributed by atoms with Gasteiger partial charge in [0.05, 0.1) is 22.4 Å². The van der Waals surface area contributed by atoms with Crippen LogP contribution >= 0.6 is 0 Å². The molecule has 0 radical (unpaired) electrons. The molecule has 4 aromatic rings. The molecule has 4 aromatic carbocycles. The van der Waals surface area contributed by atoms with Gasteiger partial charge in [-0.05, 0) is 99.2 Å². The Balaban J connectivity index is 1.63. The van der Waals surface area contributed by atoms with E-state index in [-0.39, 0.29) is 61.7 Å². The molecule has 1 aliphatic heterocycles. The average molecular weight is 943 g/mol. The third-order valence-electron chi connectivity index (χ3n) is 10.7. The highest BCUT2D eigenvalue weighted by molar-refractivity contribution is 7.86. The van der Waals surface area contributed by atoms with Crippen LogP contribution in [0.5, 0.6) is 0 Å². The maximum absolute atomic E-state index is 13.3. The Hall–Kier alpha value is -7.33. The lowest BCUT2D eigenvalue weighted by molar-refractivity contribution is -0.140. The van der Waals surface area contributed by atoms with Crippen LogP contribution in [0, 0.1) is 41.5 Å². The molecule has 66 heavy (non-hydrogen) atoms. The smallest absolute Gasteiger partial charge is 0.323 e. The Morgan fingerprint density at radius 3 is 1.80 bits per heavy atom. The summed E-state index contributed by atoms with van der Waals surface area (Å²) in [7, 11) is -6.77. The number of nitrogens with zero attached hydrogens (tertiary/aromatic N) is 3. The molecule has 19 nitrogen and oxygen atoms in total. The zero-order valence-corrected chi connectivity index (χ0v) is 38.5. The number of nitrogens with one attached hydrogen (secondary N) is 3. The van der Waals surface area contributed by atoms with E-state index in [9.17, 15) is 55.3 Å². The van der Waals surface area contributed by atoms with Crippen molar-refractivity contribution < 1.29 is 59.7 Å². The van der Waals surface area contributed by atoms with E-state index in [1.807, 2.05) is 26.8 Å². The number of carbonyl (C=O) groups excluding carboxylic acids is 2. The molecule has 21 heteroatoms. The largest absolute Gasteiger partial charge is 0.480 e. The van der Waals surface area contributed by atoms with Gasteiger partial charge in [-0.25, -0.2) is 14.6 Å². The van der Waals surface area contributed by atoms with Crippen LogP contribution in [0.25, 0.3) is 33.4 Å². The van der Waals surface area contributed by atoms with E-state index in [0.29, 0.717) is 33.1 Å². The summed E-state index contributed by atoms with van der Waals surface area (Å²) in [5.41, 5.74) is 5.81. The highest BCUT2D eigenvalue weighted by Gasteiger charge is 2.28. The first-order valence-corrected chi connectivity index (χ1v) is 22.7. The van der Waals surface area contributed by atoms with Crippen LogP contribution < -0.4 is 21.3 Å². The molecule has 0 unspecified atom stereocenters. The number of benzene rings is 5. The number of aryl methyl sites for hydroxylation is 4. The Labute approximate surface area is 379 Å². The van der Waals surface area contributed by atoms with E-state index in [4.69, 9.17) is 4.42 Å². The monoisotopic (exact) mass is 942 g/mol. The lowest BCUT2D eigenvalue weighted by Gasteiger charge is -2.22. The Kier molecular flexibility index (Phi) is 13.3. The summed E-state index contributed by atoms with van der Waals surface area (Å²) >= 11 is 0. The fourth-order valence-corrected chi connectivity index (χ4v) is 9.11. The minimum absolute atomic E-state index is 0.000335. The molecule has 4 amide bonds. The van der Waals surface area contributed by atoms with E-state index in [0.717, 1.165) is 22.8 Å². The van der Waals surface area contributed by atoms with Crippen molar-refractivity contribution in [2.24, 2.45) is 4.99 Å². The van der Waals surface area contributed by atoms with Gasteiger partial charge in [-0.15, -0.1) is 0 Å². The molecule has 2 aliphatic rings. The highest BCUT2D eigenvalue weighted by atomic mass is 32.2. The molecule has 0 fully saturated rings. The third kappa shape index (κ3) is 9.98. The van der Waals surface area contributed by atoms with Crippen molar-refractivity contribution in [2.45, 2.75) is 51.3 Å². The summed E-state index contributed by atoms with van der Waals surface area (Å²) in [6.45, 7) is 8.56. The van der Waals surface area contributed by atoms with Crippen molar-refractivity contribution in [3.05, 3.63) is 105 Å². The quantitative estimate of drug-likeness (QED) is 0.0459. The van der Waals surface area contributed by atoms with Crippen molar-refractivity contribution >= 4 is 83.6 Å². The predicted octanol–water partition coefficient (Wildman–Crippen LogP) is 7.62. The van der Waals surface area contributed by atoms with Crippen molar-refractivity contribution in [3.8, 4) is 22.5 Å². The molecule has 1 aliphatic carbocycles. The second kappa shape index (κ2) is 18.3. The topological polar surface area (TPSA) is 286 Å². The van der Waals surface area contributed by atoms with Gasteiger partial charge in [0.1, 0.15) is 34.2 Å². The normalized spacial score (nSPS) is 12.0. The number of anilines is 4. The molecular formula is C45H46N6O13S2. The molecule has 1 heterocycles. The molecule has 0 saturated carbocycles. The number of hydrogen-bond acceptors (Lipinski definition) is 11. The van der Waals surface area contributed by atoms with E-state index >= 15 is 0 Å². The summed E-state index contributed by atoms with van der Waals surface area (Å²) in [5.74, 6) is -2.96. The number of urea groups is 2. The molecular weight excluding hydrogens is 897 g/mol. The molecule has 0 aromatic heterocycles. The molecule has 6 rings (SSSR count). The van der Waals surface area contributed by atoms with E-state index in [1.165, 1.54) is 42.2 Å². The van der Waals surface area contributed by atoms with Gasteiger partial charge in [0.15, 0.2) is 0 Å². The second-order valence-corrected chi connectivity index (χ2v) is 18.6. The Bertz CT molecular complexity index is 3280. The van der Waals surface area contributed by atoms with Gasteiger partial charge in [-0.3, -0.25) is 18.7 Å². The Morgan fingerprint density at radius 1 is 0.652 bits per heavy atom. The fourth-order valence-electron chi connectivity index (χ4n) is 7.77. The van der Waals surface area contributed by atoms with Gasteiger partial charge in [-0.2, -0.15) is 16.8 Å². The summed E-state index contributed by atoms with van der Waals surface area (Å²) < 4.78 is 79.8. The van der Waals surface area contributed by atoms with Crippen LogP contribution in [0.2, 0.25) is 0 Å². The standard InChI is InChI=1S/C45H46N6O13S2/c1-22-15-24(3)42(48-44(56)50(7)8)26(5)40(22)46-28-13-14-29-33(17-28)64-34-19-32(36(66(61,62)63)18-31(34)39(29)30-11-9-10-12-35(30)65(58,59)60)47-41-23(2)16-25(4)43(27(41)6)49-45(57)51(20-37(52)53)21-38(54)55/h9-19,46H,20-21H2,1-8H3,(H,48,56)(H,49,57)(H,52,53)(H,54,55)(H,58,59,60)(H,61,62,63). The zero-order valence-electron chi connectivity index (χ0n) is 36.9. The zero-order chi connectivity index (χ0) is 48.7. The molecule has 7 N–H and O–H groups in total. The van der Waals surface area contributed by atoms with Crippen LogP contribution in [0.3, 0.4) is 0 Å². The van der Waals surface area contributed by atoms with Gasteiger partial charge < -0.3 is 40.4 Å². The number of carboxylic acids is 2. The van der Waals surface area contributed by atoms with Crippen molar-refractivity contribution in [1.82, 2.24) is 9.80 Å². The molecule has 346 valence electrons. The maximum Gasteiger partial charge on any atom is 0.323 e. The maximum atomic E-state index is 13.3. The molecule has 0 saturated heterocycles. The summed E-state index contributed by atoms with van der Waals surface area (Å²) in [4.78, 5) is 54.2. The minimum Gasteiger partial charge on any atom is -0.480 e. The molecule has 0 atom stereocenters. The Morgan fingerprint density at radius 2 is 1.21 bits per heavy atom. The number of amides is 4. The van der Waals surface area contributed by atoms with Crippen LogP contribution in [0.1, 0.15) is 33.4 Å². The summed E-state index contributed by atoms with van der Waals surface area (Å²) in [6, 6.07) is 14.8. The lowest BCUT2D eigenvalue weighted by Crippen LogP contribution is -2.42. The second-order valence-electron chi connectivity index (χ2n) is 15.8. The first-order chi connectivity index (χ1) is 30.8. The number of rotatable bonds is 12. The van der Waals surface area contributed by atoms with Crippen LogP contribution in [0.15, 0.2) is 85.9 Å². The predicted molar refractivity (Wildman–Crippen MR) is 246 cm³/mol. The van der Waals surface area contributed by atoms with Crippen LogP contribution in [-0.4, -0.2) is 97.1 Å². The van der Waals surface area contributed by atoms with E-state index in [1.54, 1.807) is 52.2 Å². The minimum atomic E-state index is -5.13. The first-order valence-electron chi connectivity index (χ1n) is 19.9. The number of fused-ring (bicyclic) bond motifs is 2. The van der Waals surface area contributed by atoms with Crippen LogP contribution in [-0.2, 0) is 29.8 Å². The van der Waals surface area contributed by atoms with E-state index < -0.39 is 61.1 Å². The lowest BCUT2D eigenvalue weighted by atomic mass is 9.93. The number of carbonyl (C=O) groups is 4. The van der Waals surface area contributed by atoms with Crippen molar-refractivity contribution in [1.29, 1.82) is 0 Å². The third-order valence-corrected chi connectivity index (χ3v) is 12.5. The SMILES string of the molecule is Cc1cc(C)c(NC(=O)N(CC(=O)O)CC(=O)O)c(C)c1N=c1cc2oc3cc(Nc4c(C)cc(C)c(NC(=O)N(C)C)c4C)ccc3c(-c3ccccc3S(=O)(=O)O)c-2cc1S(=O)(=O)O. The van der Waals surface area contributed by atoms with Crippen LogP contribution in [0.4, 0.5) is 38.0 Å². The van der Waals surface area contributed by atoms with Crippen molar-refractivity contribution in [3.63, 3.8) is 0 Å². The number of hydrogen-bond donors (Lipinski definition) is 7. The summed E-state index contributed by atoms with van der Waals surface area (Å²) in [5, 5.41) is 27.4. The van der Waals surface area contributed by atoms with Gasteiger partial charge in [0.2, 0.25) is 0 Å². The molecule has 0 bridgehead atoms. The first kappa shape index (κ1) is 48.1. The molecule has 0 spiro atoms. The highest BCUT2D eigenvalue weighted by Crippen LogP contribution is 2.44.